The van der Waals surface area contributed by atoms with E-state index in [1.54, 1.807) is 30.3 Å². The molecule has 0 amide bonds. The number of methoxy groups -OCH3 is 1. The molecule has 1 saturated heterocycles. The summed E-state index contributed by atoms with van der Waals surface area (Å²) in [5, 5.41) is 12.4. The lowest BCUT2D eigenvalue weighted by atomic mass is 10.0. The van der Waals surface area contributed by atoms with Crippen LogP contribution in [0.2, 0.25) is 0 Å². The monoisotopic (exact) mass is 556 g/mol. The zero-order chi connectivity index (χ0) is 26.8. The first kappa shape index (κ1) is 28.5. The first-order valence-corrected chi connectivity index (χ1v) is 14.7. The summed E-state index contributed by atoms with van der Waals surface area (Å²) < 4.78 is 50.0. The molecule has 7 nitrogen and oxygen atoms in total. The van der Waals surface area contributed by atoms with Crippen LogP contribution in [0.5, 0.6) is 0 Å². The van der Waals surface area contributed by atoms with Crippen molar-refractivity contribution in [3.63, 3.8) is 0 Å². The molecule has 4 rings (SSSR count). The van der Waals surface area contributed by atoms with Crippen LogP contribution in [0.4, 0.5) is 0 Å². The van der Waals surface area contributed by atoms with E-state index in [1.165, 1.54) is 24.3 Å². The van der Waals surface area contributed by atoms with Gasteiger partial charge in [-0.15, -0.1) is 11.8 Å². The van der Waals surface area contributed by atoms with Crippen molar-refractivity contribution >= 4 is 21.6 Å². The third-order valence-electron chi connectivity index (χ3n) is 6.12. The molecule has 0 spiro atoms. The summed E-state index contributed by atoms with van der Waals surface area (Å²) in [6.07, 6.45) is -2.68. The smallest absolute Gasteiger partial charge is 0.200 e. The first-order chi connectivity index (χ1) is 18.5. The molecule has 0 aromatic heterocycles. The van der Waals surface area contributed by atoms with Crippen LogP contribution in [-0.2, 0) is 42.0 Å². The van der Waals surface area contributed by atoms with E-state index in [0.717, 1.165) is 16.5 Å². The van der Waals surface area contributed by atoms with Crippen LogP contribution >= 0.6 is 11.8 Å². The molecule has 1 heterocycles. The molecular formula is C29H32O7S2. The van der Waals surface area contributed by atoms with Crippen LogP contribution in [0.1, 0.15) is 11.1 Å². The molecule has 0 unspecified atom stereocenters. The fourth-order valence-electron chi connectivity index (χ4n) is 4.16. The van der Waals surface area contributed by atoms with Crippen LogP contribution in [0.25, 0.3) is 0 Å². The number of thioether (sulfide) groups is 1. The Labute approximate surface area is 228 Å². The highest BCUT2D eigenvalue weighted by molar-refractivity contribution is 8.04. The van der Waals surface area contributed by atoms with Crippen molar-refractivity contribution < 1.29 is 32.5 Å². The van der Waals surface area contributed by atoms with Crippen LogP contribution in [0.3, 0.4) is 0 Å². The van der Waals surface area contributed by atoms with Gasteiger partial charge >= 0.3 is 0 Å². The number of aliphatic hydroxyl groups excluding tert-OH is 1. The minimum atomic E-state index is -3.63. The molecule has 1 fully saturated rings. The minimum absolute atomic E-state index is 0.204. The van der Waals surface area contributed by atoms with Crippen LogP contribution < -0.4 is 0 Å². The Kier molecular flexibility index (Phi) is 10.5. The lowest BCUT2D eigenvalue weighted by Gasteiger charge is -2.44. The van der Waals surface area contributed by atoms with Gasteiger partial charge in [-0.25, -0.2) is 8.42 Å². The van der Waals surface area contributed by atoms with E-state index in [2.05, 4.69) is 0 Å². The van der Waals surface area contributed by atoms with Gasteiger partial charge in [0, 0.05) is 12.5 Å². The van der Waals surface area contributed by atoms with Gasteiger partial charge in [0.2, 0.25) is 0 Å². The third kappa shape index (κ3) is 7.54. The molecule has 1 aliphatic rings. The molecule has 1 aliphatic heterocycles. The van der Waals surface area contributed by atoms with Gasteiger partial charge in [0.15, 0.2) is 16.1 Å². The standard InChI is InChI=1S/C29H32O7S2/c1-33-29-27(35-21-23-13-7-3-8-14-23)26(34-20-22-11-5-2-6-12-22)28(25(19-30)36-29)37-17-18-38(31,32)24-15-9-4-10-16-24/h2-18,25-30H,19-21H2,1H3/b18-17+/t25-,26-,27-,28-,29+/m1/s1. The highest BCUT2D eigenvalue weighted by Crippen LogP contribution is 2.35. The number of aliphatic hydroxyl groups is 1. The molecule has 9 heteroatoms. The Morgan fingerprint density at radius 3 is 1.89 bits per heavy atom. The Morgan fingerprint density at radius 1 is 0.842 bits per heavy atom. The second-order valence-electron chi connectivity index (χ2n) is 8.71. The Balaban J connectivity index is 1.58. The van der Waals surface area contributed by atoms with Gasteiger partial charge in [-0.3, -0.25) is 0 Å². The van der Waals surface area contributed by atoms with Crippen molar-refractivity contribution in [3.05, 3.63) is 113 Å². The zero-order valence-corrected chi connectivity index (χ0v) is 22.7. The summed E-state index contributed by atoms with van der Waals surface area (Å²) in [5.74, 6) is 0. The molecule has 1 N–H and O–H groups in total. The van der Waals surface area contributed by atoms with E-state index < -0.39 is 39.7 Å². The number of ether oxygens (including phenoxy) is 4. The van der Waals surface area contributed by atoms with Crippen molar-refractivity contribution in [2.24, 2.45) is 0 Å². The first-order valence-electron chi connectivity index (χ1n) is 12.2. The fraction of sp³-hybridized carbons (Fsp3) is 0.310. The van der Waals surface area contributed by atoms with E-state index >= 15 is 0 Å². The predicted molar refractivity (Wildman–Crippen MR) is 147 cm³/mol. The highest BCUT2D eigenvalue weighted by atomic mass is 32.2. The molecule has 38 heavy (non-hydrogen) atoms. The second-order valence-corrected chi connectivity index (χ2v) is 11.6. The van der Waals surface area contributed by atoms with Crippen LogP contribution in [0.15, 0.2) is 107 Å². The molecule has 0 radical (unpaired) electrons. The quantitative estimate of drug-likeness (QED) is 0.347. The Morgan fingerprint density at radius 2 is 1.37 bits per heavy atom. The lowest BCUT2D eigenvalue weighted by Crippen LogP contribution is -2.59. The summed E-state index contributed by atoms with van der Waals surface area (Å²) in [6.45, 7) is 0.307. The summed E-state index contributed by atoms with van der Waals surface area (Å²) in [5.41, 5.74) is 1.95. The average molecular weight is 557 g/mol. The fourth-order valence-corrected chi connectivity index (χ4v) is 6.59. The maximum atomic E-state index is 12.8. The molecule has 0 aliphatic carbocycles. The topological polar surface area (TPSA) is 91.3 Å². The van der Waals surface area contributed by atoms with Crippen LogP contribution in [0, 0.1) is 0 Å². The maximum absolute atomic E-state index is 12.8. The van der Waals surface area contributed by atoms with Gasteiger partial charge in [-0.05, 0) is 28.7 Å². The van der Waals surface area contributed by atoms with Crippen molar-refractivity contribution in [2.45, 2.75) is 48.0 Å². The molecule has 0 saturated carbocycles. The lowest BCUT2D eigenvalue weighted by molar-refractivity contribution is -0.281. The van der Waals surface area contributed by atoms with Gasteiger partial charge in [-0.2, -0.15) is 0 Å². The van der Waals surface area contributed by atoms with Crippen molar-refractivity contribution in [2.75, 3.05) is 13.7 Å². The Bertz CT molecular complexity index is 1240. The van der Waals surface area contributed by atoms with E-state index in [1.807, 2.05) is 60.7 Å². The summed E-state index contributed by atoms with van der Waals surface area (Å²) in [7, 11) is -2.11. The minimum Gasteiger partial charge on any atom is -0.394 e. The van der Waals surface area contributed by atoms with Gasteiger partial charge in [0.25, 0.3) is 0 Å². The SMILES string of the molecule is CO[C@H]1O[C@H](CO)[C@@H](S/C=C/S(=O)(=O)c2ccccc2)[C@H](OCc2ccccc2)[C@H]1OCc1ccccc1. The maximum Gasteiger partial charge on any atom is 0.200 e. The second kappa shape index (κ2) is 14.0. The third-order valence-corrected chi connectivity index (χ3v) is 8.89. The molecule has 0 bridgehead atoms. The number of sulfone groups is 1. The van der Waals surface area contributed by atoms with E-state index in [-0.39, 0.29) is 11.5 Å². The largest absolute Gasteiger partial charge is 0.394 e. The average Bonchev–Trinajstić information content (AvgIpc) is 2.96. The number of hydrogen-bond acceptors (Lipinski definition) is 8. The molecule has 3 aromatic rings. The van der Waals surface area contributed by atoms with Gasteiger partial charge in [0.05, 0.1) is 36.1 Å². The predicted octanol–water partition coefficient (Wildman–Crippen LogP) is 4.57. The summed E-state index contributed by atoms with van der Waals surface area (Å²) >= 11 is 1.23. The van der Waals surface area contributed by atoms with E-state index in [4.69, 9.17) is 18.9 Å². The van der Waals surface area contributed by atoms with Crippen molar-refractivity contribution in [1.82, 2.24) is 0 Å². The normalized spacial score (nSPS) is 24.0. The Hall–Kier alpha value is -2.50. The number of benzene rings is 3. The number of hydrogen-bond donors (Lipinski definition) is 1. The summed E-state index contributed by atoms with van der Waals surface area (Å²) in [4.78, 5) is 0.204. The van der Waals surface area contributed by atoms with Gasteiger partial charge in [-0.1, -0.05) is 78.9 Å². The highest BCUT2D eigenvalue weighted by Gasteiger charge is 2.47. The number of rotatable bonds is 12. The van der Waals surface area contributed by atoms with Crippen LogP contribution in [-0.4, -0.2) is 57.1 Å². The zero-order valence-electron chi connectivity index (χ0n) is 21.0. The summed E-state index contributed by atoms with van der Waals surface area (Å²) in [6, 6.07) is 27.7. The molecular weight excluding hydrogens is 524 g/mol. The molecule has 202 valence electrons. The van der Waals surface area contributed by atoms with Gasteiger partial charge < -0.3 is 24.1 Å². The van der Waals surface area contributed by atoms with Gasteiger partial charge in [0.1, 0.15) is 12.2 Å². The molecule has 3 aromatic carbocycles. The van der Waals surface area contributed by atoms with Crippen molar-refractivity contribution in [3.8, 4) is 0 Å². The van der Waals surface area contributed by atoms with Crippen molar-refractivity contribution in [1.29, 1.82) is 0 Å². The van der Waals surface area contributed by atoms with E-state index in [0.29, 0.717) is 13.2 Å². The van der Waals surface area contributed by atoms with E-state index in [9.17, 15) is 13.5 Å². The molecule has 5 atom stereocenters.